The van der Waals surface area contributed by atoms with Gasteiger partial charge in [0.15, 0.2) is 0 Å². The van der Waals surface area contributed by atoms with Gasteiger partial charge >= 0.3 is 0 Å². The number of carbonyl (C=O) groups excluding carboxylic acids is 1. The Kier molecular flexibility index (Phi) is 5.99. The maximum atomic E-state index is 12.3. The molecule has 0 aliphatic carbocycles. The van der Waals surface area contributed by atoms with Gasteiger partial charge in [0.25, 0.3) is 0 Å². The average Bonchev–Trinajstić information content (AvgIpc) is 2.73. The van der Waals surface area contributed by atoms with E-state index in [0.717, 1.165) is 40.4 Å². The number of para-hydroxylation sites is 1. The van der Waals surface area contributed by atoms with Gasteiger partial charge in [-0.2, -0.15) is 0 Å². The summed E-state index contributed by atoms with van der Waals surface area (Å²) in [7, 11) is 0. The Labute approximate surface area is 168 Å². The van der Waals surface area contributed by atoms with Crippen LogP contribution in [0.5, 0.6) is 0 Å². The Morgan fingerprint density at radius 1 is 1.15 bits per heavy atom. The van der Waals surface area contributed by atoms with Crippen LogP contribution < -0.4 is 10.2 Å². The number of carbonyl (C=O) groups is 1. The lowest BCUT2D eigenvalue weighted by molar-refractivity contribution is -0.113. The normalized spacial score (nSPS) is 16.4. The van der Waals surface area contributed by atoms with Crippen molar-refractivity contribution in [2.24, 2.45) is 4.99 Å². The van der Waals surface area contributed by atoms with Crippen LogP contribution in [0.15, 0.2) is 47.6 Å². The number of piperidine rings is 1. The number of nitrogens with zero attached hydrogens (tertiary/aromatic N) is 3. The molecule has 0 atom stereocenters. The monoisotopic (exact) mass is 398 g/mol. The lowest BCUT2D eigenvalue weighted by atomic mass is 10.1. The van der Waals surface area contributed by atoms with E-state index in [9.17, 15) is 4.79 Å². The third-order valence-electron chi connectivity index (χ3n) is 4.59. The molecule has 4 rings (SSSR count). The van der Waals surface area contributed by atoms with E-state index in [1.54, 1.807) is 18.0 Å². The predicted octanol–water partition coefficient (Wildman–Crippen LogP) is 4.68. The SMILES string of the molecule is O=C(CSC1=Nc2ccccc2CS1)Nc1ccc(N2CCCCC2)nc1. The Morgan fingerprint density at radius 3 is 2.81 bits per heavy atom. The first-order valence-electron chi connectivity index (χ1n) is 9.21. The van der Waals surface area contributed by atoms with Crippen molar-refractivity contribution in [2.75, 3.05) is 29.1 Å². The van der Waals surface area contributed by atoms with E-state index in [2.05, 4.69) is 26.3 Å². The zero-order valence-electron chi connectivity index (χ0n) is 15.1. The average molecular weight is 399 g/mol. The largest absolute Gasteiger partial charge is 0.357 e. The van der Waals surface area contributed by atoms with Gasteiger partial charge in [0.05, 0.1) is 23.3 Å². The molecule has 1 aromatic heterocycles. The summed E-state index contributed by atoms with van der Waals surface area (Å²) in [5.41, 5.74) is 3.00. The van der Waals surface area contributed by atoms with E-state index < -0.39 is 0 Å². The molecule has 1 aromatic carbocycles. The molecule has 2 aromatic rings. The molecule has 2 aliphatic rings. The fraction of sp³-hybridized carbons (Fsp3) is 0.350. The first kappa shape index (κ1) is 18.4. The molecule has 140 valence electrons. The lowest BCUT2D eigenvalue weighted by Crippen LogP contribution is -2.30. The van der Waals surface area contributed by atoms with E-state index >= 15 is 0 Å². The minimum absolute atomic E-state index is 0.0327. The van der Waals surface area contributed by atoms with Gasteiger partial charge in [0.1, 0.15) is 10.2 Å². The molecule has 0 radical (unpaired) electrons. The fourth-order valence-corrected chi connectivity index (χ4v) is 5.04. The Balaban J connectivity index is 1.29. The molecule has 0 spiro atoms. The molecule has 2 aliphatic heterocycles. The fourth-order valence-electron chi connectivity index (χ4n) is 3.18. The van der Waals surface area contributed by atoms with Gasteiger partial charge in [-0.3, -0.25) is 4.79 Å². The summed E-state index contributed by atoms with van der Waals surface area (Å²) in [5.74, 6) is 2.22. The van der Waals surface area contributed by atoms with Crippen molar-refractivity contribution in [1.29, 1.82) is 0 Å². The van der Waals surface area contributed by atoms with E-state index in [1.807, 2.05) is 30.3 Å². The number of aliphatic imine (C=N–C) groups is 1. The number of fused-ring (bicyclic) bond motifs is 1. The van der Waals surface area contributed by atoms with Crippen LogP contribution in [-0.4, -0.2) is 34.1 Å². The van der Waals surface area contributed by atoms with Crippen LogP contribution in [0.4, 0.5) is 17.2 Å². The highest BCUT2D eigenvalue weighted by Gasteiger charge is 2.15. The molecule has 3 heterocycles. The summed E-state index contributed by atoms with van der Waals surface area (Å²) in [6.07, 6.45) is 5.50. The molecule has 1 amide bonds. The minimum atomic E-state index is -0.0327. The van der Waals surface area contributed by atoms with Crippen molar-refractivity contribution in [3.8, 4) is 0 Å². The van der Waals surface area contributed by atoms with Crippen LogP contribution in [0.2, 0.25) is 0 Å². The Bertz CT molecular complexity index is 832. The molecule has 0 saturated carbocycles. The minimum Gasteiger partial charge on any atom is -0.357 e. The summed E-state index contributed by atoms with van der Waals surface area (Å²) < 4.78 is 0.947. The second-order valence-corrected chi connectivity index (χ2v) is 8.77. The summed E-state index contributed by atoms with van der Waals surface area (Å²) in [6, 6.07) is 12.1. The summed E-state index contributed by atoms with van der Waals surface area (Å²) in [6.45, 7) is 2.14. The van der Waals surface area contributed by atoms with Crippen molar-refractivity contribution in [3.05, 3.63) is 48.2 Å². The van der Waals surface area contributed by atoms with E-state index in [-0.39, 0.29) is 5.91 Å². The highest BCUT2D eigenvalue weighted by Crippen LogP contribution is 2.34. The molecular formula is C20H22N4OS2. The van der Waals surface area contributed by atoms with Crippen LogP contribution in [0.25, 0.3) is 0 Å². The second kappa shape index (κ2) is 8.80. The standard InChI is InChI=1S/C20H22N4OS2/c25-19(14-27-20-23-17-7-3-2-6-15(17)13-26-20)22-16-8-9-18(21-12-16)24-10-4-1-5-11-24/h2-3,6-9,12H,1,4-5,10-11,13-14H2,(H,22,25). The summed E-state index contributed by atoms with van der Waals surface area (Å²) in [5, 5.41) is 2.93. The number of pyridine rings is 1. The molecule has 1 saturated heterocycles. The second-order valence-electron chi connectivity index (χ2n) is 6.58. The molecule has 0 bridgehead atoms. The van der Waals surface area contributed by atoms with Crippen LogP contribution in [0.1, 0.15) is 24.8 Å². The predicted molar refractivity (Wildman–Crippen MR) is 116 cm³/mol. The number of anilines is 2. The highest BCUT2D eigenvalue weighted by molar-refractivity contribution is 8.38. The van der Waals surface area contributed by atoms with Crippen molar-refractivity contribution in [3.63, 3.8) is 0 Å². The highest BCUT2D eigenvalue weighted by atomic mass is 32.2. The number of thioether (sulfide) groups is 2. The number of aromatic nitrogens is 1. The van der Waals surface area contributed by atoms with Crippen molar-refractivity contribution >= 4 is 51.0 Å². The first-order chi connectivity index (χ1) is 13.3. The molecule has 5 nitrogen and oxygen atoms in total. The van der Waals surface area contributed by atoms with Gasteiger partial charge in [-0.1, -0.05) is 41.7 Å². The van der Waals surface area contributed by atoms with Crippen LogP contribution in [0, 0.1) is 0 Å². The van der Waals surface area contributed by atoms with Gasteiger partial charge in [-0.15, -0.1) is 0 Å². The van der Waals surface area contributed by atoms with Crippen LogP contribution in [0.3, 0.4) is 0 Å². The number of hydrogen-bond donors (Lipinski definition) is 1. The Hall–Kier alpha value is -1.99. The Morgan fingerprint density at radius 2 is 2.00 bits per heavy atom. The zero-order valence-corrected chi connectivity index (χ0v) is 16.7. The van der Waals surface area contributed by atoms with Gasteiger partial charge < -0.3 is 10.2 Å². The maximum absolute atomic E-state index is 12.3. The van der Waals surface area contributed by atoms with E-state index in [4.69, 9.17) is 0 Å². The molecule has 27 heavy (non-hydrogen) atoms. The number of rotatable bonds is 4. The maximum Gasteiger partial charge on any atom is 0.234 e. The quantitative estimate of drug-likeness (QED) is 0.810. The first-order valence-corrected chi connectivity index (χ1v) is 11.2. The molecule has 1 fully saturated rings. The summed E-state index contributed by atoms with van der Waals surface area (Å²) >= 11 is 3.17. The topological polar surface area (TPSA) is 57.6 Å². The van der Waals surface area contributed by atoms with Gasteiger partial charge in [0, 0.05) is 18.8 Å². The molecule has 7 heteroatoms. The van der Waals surface area contributed by atoms with Crippen LogP contribution >= 0.6 is 23.5 Å². The summed E-state index contributed by atoms with van der Waals surface area (Å²) in [4.78, 5) is 23.7. The number of amides is 1. The van der Waals surface area contributed by atoms with Crippen LogP contribution in [-0.2, 0) is 10.5 Å². The lowest BCUT2D eigenvalue weighted by Gasteiger charge is -2.27. The van der Waals surface area contributed by atoms with Crippen molar-refractivity contribution < 1.29 is 4.79 Å². The van der Waals surface area contributed by atoms with E-state index in [1.165, 1.54) is 36.6 Å². The van der Waals surface area contributed by atoms with Crippen molar-refractivity contribution in [2.45, 2.75) is 25.0 Å². The van der Waals surface area contributed by atoms with Gasteiger partial charge in [-0.05, 0) is 43.0 Å². The molecular weight excluding hydrogens is 376 g/mol. The number of nitrogens with one attached hydrogen (secondary N) is 1. The smallest absolute Gasteiger partial charge is 0.234 e. The van der Waals surface area contributed by atoms with E-state index in [0.29, 0.717) is 5.75 Å². The van der Waals surface area contributed by atoms with Crippen molar-refractivity contribution in [1.82, 2.24) is 4.98 Å². The molecule has 1 N–H and O–H groups in total. The zero-order chi connectivity index (χ0) is 18.5. The van der Waals surface area contributed by atoms with Gasteiger partial charge in [0.2, 0.25) is 5.91 Å². The third-order valence-corrected chi connectivity index (χ3v) is 6.84. The van der Waals surface area contributed by atoms with Gasteiger partial charge in [-0.25, -0.2) is 9.98 Å². The number of benzene rings is 1. The third kappa shape index (κ3) is 4.84. The molecule has 0 unspecified atom stereocenters. The number of hydrogen-bond acceptors (Lipinski definition) is 6.